The summed E-state index contributed by atoms with van der Waals surface area (Å²) in [4.78, 5) is 0.227. The molecule has 102 valence electrons. The van der Waals surface area contributed by atoms with Crippen LogP contribution < -0.4 is 9.46 Å². The number of hydrogen-bond acceptors (Lipinski definition) is 3. The molecule has 0 bridgehead atoms. The lowest BCUT2D eigenvalue weighted by atomic mass is 10.3. The van der Waals surface area contributed by atoms with E-state index in [1.807, 2.05) is 13.8 Å². The largest absolute Gasteiger partial charge is 0.492 e. The van der Waals surface area contributed by atoms with Crippen LogP contribution in [0.2, 0.25) is 0 Å². The summed E-state index contributed by atoms with van der Waals surface area (Å²) in [6.45, 7) is 4.91. The molecule has 6 heteroatoms. The van der Waals surface area contributed by atoms with E-state index in [1.54, 1.807) is 12.1 Å². The molecule has 0 aliphatic rings. The van der Waals surface area contributed by atoms with Crippen LogP contribution in [0.1, 0.15) is 26.7 Å². The Morgan fingerprint density at radius 1 is 1.28 bits per heavy atom. The van der Waals surface area contributed by atoms with E-state index >= 15 is 0 Å². The lowest BCUT2D eigenvalue weighted by Crippen LogP contribution is -2.24. The van der Waals surface area contributed by atoms with E-state index in [1.165, 1.54) is 6.07 Å². The van der Waals surface area contributed by atoms with Crippen LogP contribution in [0.3, 0.4) is 0 Å². The molecule has 0 aliphatic heterocycles. The third-order valence-electron chi connectivity index (χ3n) is 2.22. The van der Waals surface area contributed by atoms with Gasteiger partial charge in [-0.05, 0) is 40.9 Å². The van der Waals surface area contributed by atoms with Gasteiger partial charge in [0.05, 0.1) is 16.0 Å². The zero-order chi connectivity index (χ0) is 13.6. The number of ether oxygens (including phenoxy) is 1. The second-order valence-electron chi connectivity index (χ2n) is 3.84. The number of hydrogen-bond donors (Lipinski definition) is 1. The van der Waals surface area contributed by atoms with Gasteiger partial charge in [-0.2, -0.15) is 0 Å². The van der Waals surface area contributed by atoms with E-state index in [-0.39, 0.29) is 4.90 Å². The minimum absolute atomic E-state index is 0.227. The fourth-order valence-corrected chi connectivity index (χ4v) is 2.80. The van der Waals surface area contributed by atoms with Gasteiger partial charge in [0.15, 0.2) is 0 Å². The van der Waals surface area contributed by atoms with Crippen molar-refractivity contribution in [1.29, 1.82) is 0 Å². The molecule has 0 spiro atoms. The third-order valence-corrected chi connectivity index (χ3v) is 4.33. The molecule has 0 amide bonds. The summed E-state index contributed by atoms with van der Waals surface area (Å²) < 4.78 is 32.7. The zero-order valence-electron chi connectivity index (χ0n) is 10.6. The second kappa shape index (κ2) is 7.11. The Balaban J connectivity index is 2.96. The van der Waals surface area contributed by atoms with E-state index in [0.717, 1.165) is 17.3 Å². The SMILES string of the molecule is CCCNS(=O)(=O)c1ccc(Br)c(OCCC)c1. The van der Waals surface area contributed by atoms with Gasteiger partial charge < -0.3 is 4.74 Å². The molecule has 0 saturated heterocycles. The van der Waals surface area contributed by atoms with E-state index in [2.05, 4.69) is 20.7 Å². The predicted octanol–water partition coefficient (Wildman–Crippen LogP) is 2.93. The molecule has 0 unspecified atom stereocenters. The summed E-state index contributed by atoms with van der Waals surface area (Å²) in [5.41, 5.74) is 0. The molecule has 0 aromatic heterocycles. The molecule has 0 saturated carbocycles. The Morgan fingerprint density at radius 2 is 2.00 bits per heavy atom. The lowest BCUT2D eigenvalue weighted by Gasteiger charge is -2.10. The molecule has 0 atom stereocenters. The number of benzene rings is 1. The molecule has 0 heterocycles. The van der Waals surface area contributed by atoms with Gasteiger partial charge in [-0.3, -0.25) is 0 Å². The lowest BCUT2D eigenvalue weighted by molar-refractivity contribution is 0.314. The molecule has 1 aromatic rings. The van der Waals surface area contributed by atoms with E-state index in [4.69, 9.17) is 4.74 Å². The zero-order valence-corrected chi connectivity index (χ0v) is 13.0. The van der Waals surface area contributed by atoms with Crippen molar-refractivity contribution >= 4 is 26.0 Å². The summed E-state index contributed by atoms with van der Waals surface area (Å²) in [6.07, 6.45) is 1.63. The van der Waals surface area contributed by atoms with Crippen molar-refractivity contribution in [3.05, 3.63) is 22.7 Å². The maximum Gasteiger partial charge on any atom is 0.240 e. The minimum Gasteiger partial charge on any atom is -0.492 e. The Bertz CT molecular complexity index is 488. The standard InChI is InChI=1S/C12H18BrNO3S/c1-3-7-14-18(15,16)10-5-6-11(13)12(9-10)17-8-4-2/h5-6,9,14H,3-4,7-8H2,1-2H3. The topological polar surface area (TPSA) is 55.4 Å². The molecule has 1 rings (SSSR count). The monoisotopic (exact) mass is 335 g/mol. The van der Waals surface area contributed by atoms with Gasteiger partial charge in [0.2, 0.25) is 10.0 Å². The summed E-state index contributed by atoms with van der Waals surface area (Å²) >= 11 is 3.34. The molecular weight excluding hydrogens is 318 g/mol. The normalized spacial score (nSPS) is 11.5. The van der Waals surface area contributed by atoms with Gasteiger partial charge in [0.25, 0.3) is 0 Å². The average Bonchev–Trinajstić information content (AvgIpc) is 2.35. The van der Waals surface area contributed by atoms with Crippen molar-refractivity contribution in [1.82, 2.24) is 4.72 Å². The molecule has 0 fully saturated rings. The maximum absolute atomic E-state index is 11.9. The van der Waals surface area contributed by atoms with Crippen LogP contribution in [0.4, 0.5) is 0 Å². The first-order chi connectivity index (χ1) is 8.51. The summed E-state index contributed by atoms with van der Waals surface area (Å²) in [6, 6.07) is 4.78. The van der Waals surface area contributed by atoms with Crippen LogP contribution in [-0.4, -0.2) is 21.6 Å². The van der Waals surface area contributed by atoms with Crippen LogP contribution in [0.15, 0.2) is 27.6 Å². The molecule has 4 nitrogen and oxygen atoms in total. The van der Waals surface area contributed by atoms with Gasteiger partial charge in [0, 0.05) is 12.6 Å². The smallest absolute Gasteiger partial charge is 0.240 e. The molecule has 0 aliphatic carbocycles. The van der Waals surface area contributed by atoms with Gasteiger partial charge in [-0.15, -0.1) is 0 Å². The third kappa shape index (κ3) is 4.26. The summed E-state index contributed by atoms with van der Waals surface area (Å²) in [5, 5.41) is 0. The maximum atomic E-state index is 11.9. The van der Waals surface area contributed by atoms with Gasteiger partial charge in [0.1, 0.15) is 5.75 Å². The van der Waals surface area contributed by atoms with Crippen molar-refractivity contribution in [2.24, 2.45) is 0 Å². The van der Waals surface area contributed by atoms with Gasteiger partial charge in [-0.1, -0.05) is 13.8 Å². The molecular formula is C12H18BrNO3S. The average molecular weight is 336 g/mol. The molecule has 0 radical (unpaired) electrons. The number of sulfonamides is 1. The Morgan fingerprint density at radius 3 is 2.61 bits per heavy atom. The first-order valence-corrected chi connectivity index (χ1v) is 8.21. The van der Waals surface area contributed by atoms with Crippen LogP contribution >= 0.6 is 15.9 Å². The molecule has 1 N–H and O–H groups in total. The highest BCUT2D eigenvalue weighted by Crippen LogP contribution is 2.28. The number of nitrogens with one attached hydrogen (secondary N) is 1. The van der Waals surface area contributed by atoms with Crippen LogP contribution in [-0.2, 0) is 10.0 Å². The van der Waals surface area contributed by atoms with Crippen molar-refractivity contribution < 1.29 is 13.2 Å². The van der Waals surface area contributed by atoms with Crippen LogP contribution in [0.25, 0.3) is 0 Å². The Hall–Kier alpha value is -0.590. The van der Waals surface area contributed by atoms with Crippen molar-refractivity contribution in [2.45, 2.75) is 31.6 Å². The first kappa shape index (κ1) is 15.5. The minimum atomic E-state index is -3.44. The number of rotatable bonds is 7. The number of halogens is 1. The summed E-state index contributed by atoms with van der Waals surface area (Å²) in [5.74, 6) is 0.552. The molecule has 1 aromatic carbocycles. The van der Waals surface area contributed by atoms with E-state index in [9.17, 15) is 8.42 Å². The summed E-state index contributed by atoms with van der Waals surface area (Å²) in [7, 11) is -3.44. The quantitative estimate of drug-likeness (QED) is 0.833. The fourth-order valence-electron chi connectivity index (χ4n) is 1.29. The van der Waals surface area contributed by atoms with Gasteiger partial charge in [-0.25, -0.2) is 13.1 Å². The Kier molecular flexibility index (Phi) is 6.11. The van der Waals surface area contributed by atoms with Crippen molar-refractivity contribution in [2.75, 3.05) is 13.2 Å². The van der Waals surface area contributed by atoms with Crippen LogP contribution in [0, 0.1) is 0 Å². The van der Waals surface area contributed by atoms with Crippen molar-refractivity contribution in [3.63, 3.8) is 0 Å². The Labute approximate surface area is 117 Å². The van der Waals surface area contributed by atoms with Gasteiger partial charge >= 0.3 is 0 Å². The fraction of sp³-hybridized carbons (Fsp3) is 0.500. The molecule has 18 heavy (non-hydrogen) atoms. The van der Waals surface area contributed by atoms with E-state index < -0.39 is 10.0 Å². The van der Waals surface area contributed by atoms with Crippen molar-refractivity contribution in [3.8, 4) is 5.75 Å². The highest BCUT2D eigenvalue weighted by Gasteiger charge is 2.15. The first-order valence-electron chi connectivity index (χ1n) is 5.93. The van der Waals surface area contributed by atoms with Crippen LogP contribution in [0.5, 0.6) is 5.75 Å². The highest BCUT2D eigenvalue weighted by molar-refractivity contribution is 9.10. The van der Waals surface area contributed by atoms with E-state index in [0.29, 0.717) is 18.9 Å². The second-order valence-corrected chi connectivity index (χ2v) is 6.46. The predicted molar refractivity (Wildman–Crippen MR) is 75.4 cm³/mol. The highest BCUT2D eigenvalue weighted by atomic mass is 79.9.